The van der Waals surface area contributed by atoms with Gasteiger partial charge < -0.3 is 5.32 Å². The summed E-state index contributed by atoms with van der Waals surface area (Å²) in [5.74, 6) is -0.259. The summed E-state index contributed by atoms with van der Waals surface area (Å²) in [6, 6.07) is 19.4. The van der Waals surface area contributed by atoms with E-state index in [1.807, 2.05) is 38.1 Å². The molecule has 0 aliphatic carbocycles. The van der Waals surface area contributed by atoms with Crippen LogP contribution in [0.5, 0.6) is 0 Å². The molecule has 0 atom stereocenters. The molecular formula is C23H23ClN2O3S. The lowest BCUT2D eigenvalue weighted by atomic mass is 10.1. The van der Waals surface area contributed by atoms with Crippen molar-refractivity contribution in [3.05, 3.63) is 94.0 Å². The van der Waals surface area contributed by atoms with Crippen LogP contribution in [0.15, 0.2) is 66.7 Å². The number of nitrogens with one attached hydrogen (secondary N) is 1. The zero-order valence-electron chi connectivity index (χ0n) is 17.0. The van der Waals surface area contributed by atoms with Crippen molar-refractivity contribution in [2.75, 3.05) is 15.9 Å². The van der Waals surface area contributed by atoms with Crippen LogP contribution in [-0.4, -0.2) is 20.6 Å². The minimum absolute atomic E-state index is 0.104. The molecule has 5 nitrogen and oxygen atoms in total. The minimum Gasteiger partial charge on any atom is -0.322 e. The molecule has 0 saturated carbocycles. The summed E-state index contributed by atoms with van der Waals surface area (Å²) in [7, 11) is -3.55. The highest BCUT2D eigenvalue weighted by Gasteiger charge is 2.19. The van der Waals surface area contributed by atoms with Gasteiger partial charge in [-0.05, 0) is 61.4 Å². The van der Waals surface area contributed by atoms with E-state index in [-0.39, 0.29) is 12.5 Å². The molecule has 0 unspecified atom stereocenters. The van der Waals surface area contributed by atoms with Crippen molar-refractivity contribution in [1.82, 2.24) is 0 Å². The van der Waals surface area contributed by atoms with Gasteiger partial charge in [-0.15, -0.1) is 0 Å². The van der Waals surface area contributed by atoms with Crippen molar-refractivity contribution in [1.29, 1.82) is 0 Å². The number of hydrogen-bond donors (Lipinski definition) is 1. The predicted molar refractivity (Wildman–Crippen MR) is 123 cm³/mol. The zero-order chi connectivity index (χ0) is 21.9. The molecule has 0 radical (unpaired) electrons. The number of aryl methyl sites for hydroxylation is 2. The predicted octanol–water partition coefficient (Wildman–Crippen LogP) is 5.18. The first-order valence-corrected chi connectivity index (χ1v) is 11.6. The fourth-order valence-corrected chi connectivity index (χ4v) is 4.18. The van der Waals surface area contributed by atoms with Crippen LogP contribution in [0, 0.1) is 13.8 Å². The number of halogens is 1. The lowest BCUT2D eigenvalue weighted by molar-refractivity contribution is 0.102. The van der Waals surface area contributed by atoms with E-state index in [2.05, 4.69) is 5.32 Å². The molecule has 0 aliphatic heterocycles. The van der Waals surface area contributed by atoms with Crippen LogP contribution >= 0.6 is 11.6 Å². The molecule has 156 valence electrons. The van der Waals surface area contributed by atoms with Crippen LogP contribution in [0.1, 0.15) is 27.0 Å². The van der Waals surface area contributed by atoms with Gasteiger partial charge in [0.25, 0.3) is 5.91 Å². The molecule has 3 aromatic rings. The van der Waals surface area contributed by atoms with Crippen molar-refractivity contribution in [2.45, 2.75) is 20.4 Å². The van der Waals surface area contributed by atoms with E-state index in [1.54, 1.807) is 42.5 Å². The maximum Gasteiger partial charge on any atom is 0.255 e. The molecule has 1 amide bonds. The van der Waals surface area contributed by atoms with E-state index < -0.39 is 10.0 Å². The summed E-state index contributed by atoms with van der Waals surface area (Å²) >= 11 is 6.20. The highest BCUT2D eigenvalue weighted by Crippen LogP contribution is 2.25. The van der Waals surface area contributed by atoms with Gasteiger partial charge in [-0.1, -0.05) is 47.5 Å². The molecule has 0 bridgehead atoms. The van der Waals surface area contributed by atoms with Crippen molar-refractivity contribution in [2.24, 2.45) is 0 Å². The molecule has 0 heterocycles. The molecule has 0 fully saturated rings. The molecule has 3 rings (SSSR count). The number of benzene rings is 3. The topological polar surface area (TPSA) is 66.5 Å². The van der Waals surface area contributed by atoms with Crippen molar-refractivity contribution < 1.29 is 13.2 Å². The van der Waals surface area contributed by atoms with Gasteiger partial charge in [-0.3, -0.25) is 9.10 Å². The zero-order valence-corrected chi connectivity index (χ0v) is 18.6. The number of carbonyl (C=O) groups is 1. The largest absolute Gasteiger partial charge is 0.322 e. The van der Waals surface area contributed by atoms with E-state index in [0.717, 1.165) is 23.1 Å². The minimum atomic E-state index is -3.55. The number of amides is 1. The first-order valence-electron chi connectivity index (χ1n) is 9.35. The maximum atomic E-state index is 12.6. The van der Waals surface area contributed by atoms with Crippen LogP contribution in [0.4, 0.5) is 11.4 Å². The summed E-state index contributed by atoms with van der Waals surface area (Å²) < 4.78 is 26.0. The van der Waals surface area contributed by atoms with Gasteiger partial charge in [0.2, 0.25) is 10.0 Å². The molecule has 0 aromatic heterocycles. The Morgan fingerprint density at radius 3 is 2.27 bits per heavy atom. The first kappa shape index (κ1) is 21.9. The highest BCUT2D eigenvalue weighted by molar-refractivity contribution is 7.92. The average Bonchev–Trinajstić information content (AvgIpc) is 2.68. The number of hydrogen-bond acceptors (Lipinski definition) is 3. The molecule has 1 N–H and O–H groups in total. The highest BCUT2D eigenvalue weighted by atomic mass is 35.5. The van der Waals surface area contributed by atoms with Crippen molar-refractivity contribution in [3.8, 4) is 0 Å². The van der Waals surface area contributed by atoms with E-state index >= 15 is 0 Å². The monoisotopic (exact) mass is 442 g/mol. The quantitative estimate of drug-likeness (QED) is 0.572. The summed E-state index contributed by atoms with van der Waals surface area (Å²) in [6.07, 6.45) is 1.14. The van der Waals surface area contributed by atoms with E-state index in [0.29, 0.717) is 21.8 Å². The van der Waals surface area contributed by atoms with Crippen LogP contribution in [0.25, 0.3) is 0 Å². The van der Waals surface area contributed by atoms with Crippen LogP contribution in [0.3, 0.4) is 0 Å². The normalized spacial score (nSPS) is 11.2. The summed E-state index contributed by atoms with van der Waals surface area (Å²) in [5.41, 5.74) is 4.43. The van der Waals surface area contributed by atoms with Crippen molar-refractivity contribution in [3.63, 3.8) is 0 Å². The maximum absolute atomic E-state index is 12.6. The van der Waals surface area contributed by atoms with Gasteiger partial charge in [0.15, 0.2) is 0 Å². The summed E-state index contributed by atoms with van der Waals surface area (Å²) in [6.45, 7) is 4.03. The van der Waals surface area contributed by atoms with Crippen molar-refractivity contribution >= 4 is 38.9 Å². The third kappa shape index (κ3) is 5.20. The smallest absolute Gasteiger partial charge is 0.255 e. The summed E-state index contributed by atoms with van der Waals surface area (Å²) in [4.78, 5) is 12.6. The van der Waals surface area contributed by atoms with Gasteiger partial charge >= 0.3 is 0 Å². The lowest BCUT2D eigenvalue weighted by Gasteiger charge is -2.23. The van der Waals surface area contributed by atoms with E-state index in [9.17, 15) is 13.2 Å². The van der Waals surface area contributed by atoms with E-state index in [4.69, 9.17) is 11.6 Å². The van der Waals surface area contributed by atoms with Gasteiger partial charge in [-0.25, -0.2) is 8.42 Å². The fourth-order valence-electron chi connectivity index (χ4n) is 3.11. The third-order valence-electron chi connectivity index (χ3n) is 4.72. The second-order valence-corrected chi connectivity index (χ2v) is 9.49. The molecule has 0 spiro atoms. The molecule has 30 heavy (non-hydrogen) atoms. The van der Waals surface area contributed by atoms with Crippen LogP contribution in [0.2, 0.25) is 5.02 Å². The fraction of sp³-hybridized carbons (Fsp3) is 0.174. The number of sulfonamides is 1. The number of nitrogens with zero attached hydrogens (tertiary/aromatic N) is 1. The van der Waals surface area contributed by atoms with Gasteiger partial charge in [0.1, 0.15) is 0 Å². The lowest BCUT2D eigenvalue weighted by Crippen LogP contribution is -2.29. The Kier molecular flexibility index (Phi) is 6.48. The number of anilines is 2. The molecular weight excluding hydrogens is 420 g/mol. The second kappa shape index (κ2) is 8.90. The van der Waals surface area contributed by atoms with Crippen LogP contribution in [-0.2, 0) is 16.6 Å². The second-order valence-electron chi connectivity index (χ2n) is 7.18. The van der Waals surface area contributed by atoms with E-state index in [1.165, 1.54) is 4.31 Å². The van der Waals surface area contributed by atoms with Gasteiger partial charge in [-0.2, -0.15) is 0 Å². The van der Waals surface area contributed by atoms with Crippen LogP contribution < -0.4 is 9.62 Å². The Morgan fingerprint density at radius 1 is 1.00 bits per heavy atom. The number of carbonyl (C=O) groups excluding carboxylic acids is 1. The molecule has 0 aliphatic rings. The summed E-state index contributed by atoms with van der Waals surface area (Å²) in [5, 5.41) is 3.39. The first-order chi connectivity index (χ1) is 14.1. The Hall–Kier alpha value is -2.83. The van der Waals surface area contributed by atoms with Gasteiger partial charge in [0.05, 0.1) is 18.5 Å². The SMILES string of the molecule is Cc1ccc(NC(=O)c2ccc(N(Cc3ccccc3Cl)S(C)(=O)=O)cc2)c(C)c1. The molecule has 3 aromatic carbocycles. The molecule has 7 heteroatoms. The molecule has 0 saturated heterocycles. The Morgan fingerprint density at radius 2 is 1.67 bits per heavy atom. The Balaban J connectivity index is 1.83. The Labute approximate surface area is 182 Å². The number of rotatable bonds is 6. The average molecular weight is 443 g/mol. The standard InChI is InChI=1S/C23H23ClN2O3S/c1-16-8-13-22(17(2)14-16)25-23(27)18-9-11-20(12-10-18)26(30(3,28)29)15-19-6-4-5-7-21(19)24/h4-14H,15H2,1-3H3,(H,25,27). The Bertz CT molecular complexity index is 1180. The van der Waals surface area contributed by atoms with Gasteiger partial charge in [0, 0.05) is 16.3 Å². The third-order valence-corrected chi connectivity index (χ3v) is 6.23.